The van der Waals surface area contributed by atoms with E-state index in [2.05, 4.69) is 54.3 Å². The molecule has 2 aliphatic rings. The molecule has 0 saturated heterocycles. The second-order valence-corrected chi connectivity index (χ2v) is 9.75. The fourth-order valence-electron chi connectivity index (χ4n) is 4.93. The van der Waals surface area contributed by atoms with Gasteiger partial charge in [-0.2, -0.15) is 18.3 Å². The minimum atomic E-state index is -5.08. The fourth-order valence-corrected chi connectivity index (χ4v) is 4.93. The monoisotopic (exact) mass is 509 g/mol. The largest absolute Gasteiger partial charge is 0.490 e. The number of benzene rings is 1. The highest BCUT2D eigenvalue weighted by Crippen LogP contribution is 2.29. The lowest BCUT2D eigenvalue weighted by atomic mass is 9.96. The smallest absolute Gasteiger partial charge is 0.490 e. The van der Waals surface area contributed by atoms with E-state index in [1.807, 2.05) is 0 Å². The average molecular weight is 510 g/mol. The summed E-state index contributed by atoms with van der Waals surface area (Å²) in [5, 5.41) is 15.7. The van der Waals surface area contributed by atoms with Crippen LogP contribution in [0.3, 0.4) is 0 Å². The number of aryl methyl sites for hydroxylation is 1. The lowest BCUT2D eigenvalue weighted by Crippen LogP contribution is -2.21. The molecule has 0 amide bonds. The number of nitrogens with one attached hydrogen (secondary N) is 1. The molecular formula is C27H38F3N3O3. The molecule has 0 radical (unpaired) electrons. The molecule has 6 nitrogen and oxygen atoms in total. The maximum absolute atomic E-state index is 10.6. The van der Waals surface area contributed by atoms with E-state index in [1.54, 1.807) is 0 Å². The van der Waals surface area contributed by atoms with Gasteiger partial charge >= 0.3 is 12.1 Å². The molecule has 0 bridgehead atoms. The van der Waals surface area contributed by atoms with E-state index in [9.17, 15) is 13.2 Å². The maximum Gasteiger partial charge on any atom is 0.490 e. The zero-order valence-corrected chi connectivity index (χ0v) is 21.2. The summed E-state index contributed by atoms with van der Waals surface area (Å²) in [6, 6.07) is 9.70. The molecule has 2 saturated carbocycles. The molecule has 2 fully saturated rings. The molecule has 2 aromatic rings. The minimum absolute atomic E-state index is 0.355. The first-order valence-electron chi connectivity index (χ1n) is 13.0. The zero-order valence-electron chi connectivity index (χ0n) is 21.2. The Morgan fingerprint density at radius 2 is 1.69 bits per heavy atom. The number of nitrogens with zero attached hydrogens (tertiary/aromatic N) is 2. The van der Waals surface area contributed by atoms with E-state index in [-0.39, 0.29) is 0 Å². The highest BCUT2D eigenvalue weighted by Gasteiger charge is 2.38. The first kappa shape index (κ1) is 28.0. The number of carbonyl (C=O) groups is 1. The predicted molar refractivity (Wildman–Crippen MR) is 132 cm³/mol. The summed E-state index contributed by atoms with van der Waals surface area (Å²) >= 11 is 0. The Bertz CT molecular complexity index is 947. The molecule has 1 aromatic heterocycles. The molecule has 9 heteroatoms. The topological polar surface area (TPSA) is 76.4 Å². The van der Waals surface area contributed by atoms with Crippen LogP contribution in [0, 0.1) is 6.92 Å². The molecule has 0 aliphatic heterocycles. The van der Waals surface area contributed by atoms with Crippen molar-refractivity contribution in [2.75, 3.05) is 0 Å². The number of hydrogen-bond donors (Lipinski definition) is 2. The van der Waals surface area contributed by atoms with Gasteiger partial charge in [0.15, 0.2) is 0 Å². The number of aromatic nitrogens is 2. The molecule has 1 unspecified atom stereocenters. The van der Waals surface area contributed by atoms with E-state index in [0.29, 0.717) is 18.2 Å². The summed E-state index contributed by atoms with van der Waals surface area (Å²) in [6.45, 7) is 5.27. The third-order valence-corrected chi connectivity index (χ3v) is 7.04. The van der Waals surface area contributed by atoms with Crippen molar-refractivity contribution < 1.29 is 27.8 Å². The molecule has 1 aromatic carbocycles. The van der Waals surface area contributed by atoms with Crippen molar-refractivity contribution in [2.24, 2.45) is 0 Å². The van der Waals surface area contributed by atoms with Gasteiger partial charge in [-0.25, -0.2) is 4.79 Å². The standard InChI is InChI=1S/C25H37N3O.C2HF3O2/c1-3-25(20-13-15-24(16-14-20)29-23-11-7-8-12-23)26-17-21-18-28(27-19(21)2)22-9-5-4-6-10-22;3-2(4,5)1(6)7/h13-16,18,22-23,25-26H,3-12,17H2,1-2H3;(H,6,7). The van der Waals surface area contributed by atoms with Gasteiger partial charge in [0, 0.05) is 24.3 Å². The number of carboxylic acid groups (broad SMARTS) is 1. The molecule has 1 heterocycles. The zero-order chi connectivity index (χ0) is 26.1. The van der Waals surface area contributed by atoms with E-state index in [0.717, 1.165) is 18.7 Å². The van der Waals surface area contributed by atoms with Crippen LogP contribution in [-0.2, 0) is 11.3 Å². The van der Waals surface area contributed by atoms with Crippen LogP contribution in [0.25, 0.3) is 0 Å². The van der Waals surface area contributed by atoms with Gasteiger partial charge in [0.1, 0.15) is 5.75 Å². The number of alkyl halides is 3. The van der Waals surface area contributed by atoms with Gasteiger partial charge in [0.2, 0.25) is 0 Å². The Morgan fingerprint density at radius 3 is 2.25 bits per heavy atom. The van der Waals surface area contributed by atoms with E-state index in [4.69, 9.17) is 19.7 Å². The number of ether oxygens (including phenoxy) is 1. The van der Waals surface area contributed by atoms with Gasteiger partial charge in [-0.3, -0.25) is 4.68 Å². The number of carboxylic acids is 1. The third kappa shape index (κ3) is 8.25. The average Bonchev–Trinajstić information content (AvgIpc) is 3.50. The second kappa shape index (κ2) is 13.1. The van der Waals surface area contributed by atoms with Gasteiger partial charge in [-0.05, 0) is 69.6 Å². The Balaban J connectivity index is 0.000000454. The van der Waals surface area contributed by atoms with Crippen molar-refractivity contribution in [1.82, 2.24) is 15.1 Å². The predicted octanol–water partition coefficient (Wildman–Crippen LogP) is 6.89. The molecule has 2 aliphatic carbocycles. The van der Waals surface area contributed by atoms with Crippen LogP contribution in [0.5, 0.6) is 5.75 Å². The van der Waals surface area contributed by atoms with Gasteiger partial charge in [-0.1, -0.05) is 38.3 Å². The lowest BCUT2D eigenvalue weighted by Gasteiger charge is -2.21. The quantitative estimate of drug-likeness (QED) is 0.405. The Kier molecular flexibility index (Phi) is 10.2. The number of halogens is 3. The van der Waals surface area contributed by atoms with Crippen molar-refractivity contribution in [3.63, 3.8) is 0 Å². The molecular weight excluding hydrogens is 471 g/mol. The van der Waals surface area contributed by atoms with Gasteiger partial charge < -0.3 is 15.2 Å². The molecule has 2 N–H and O–H groups in total. The first-order chi connectivity index (χ1) is 17.2. The van der Waals surface area contributed by atoms with Gasteiger partial charge in [0.05, 0.1) is 17.8 Å². The van der Waals surface area contributed by atoms with Gasteiger partial charge in [-0.15, -0.1) is 0 Å². The summed E-state index contributed by atoms with van der Waals surface area (Å²) in [5.74, 6) is -1.74. The lowest BCUT2D eigenvalue weighted by molar-refractivity contribution is -0.192. The summed E-state index contributed by atoms with van der Waals surface area (Å²) in [4.78, 5) is 8.90. The molecule has 4 rings (SSSR count). The highest BCUT2D eigenvalue weighted by atomic mass is 19.4. The number of rotatable bonds is 8. The fraction of sp³-hybridized carbons (Fsp3) is 0.630. The Hall–Kier alpha value is -2.55. The summed E-state index contributed by atoms with van der Waals surface area (Å²) in [7, 11) is 0. The van der Waals surface area contributed by atoms with Crippen molar-refractivity contribution in [3.8, 4) is 5.75 Å². The highest BCUT2D eigenvalue weighted by molar-refractivity contribution is 5.73. The first-order valence-corrected chi connectivity index (χ1v) is 13.0. The summed E-state index contributed by atoms with van der Waals surface area (Å²) < 4.78 is 40.1. The van der Waals surface area contributed by atoms with Crippen LogP contribution in [0.1, 0.15) is 100 Å². The molecule has 0 spiro atoms. The van der Waals surface area contributed by atoms with Crippen molar-refractivity contribution in [3.05, 3.63) is 47.3 Å². The van der Waals surface area contributed by atoms with Crippen LogP contribution in [-0.4, -0.2) is 33.1 Å². The Labute approximate surface area is 211 Å². The number of aliphatic carboxylic acids is 1. The number of hydrogen-bond acceptors (Lipinski definition) is 4. The third-order valence-electron chi connectivity index (χ3n) is 7.04. The van der Waals surface area contributed by atoms with Crippen molar-refractivity contribution in [1.29, 1.82) is 0 Å². The van der Waals surface area contributed by atoms with E-state index >= 15 is 0 Å². The van der Waals surface area contributed by atoms with Crippen LogP contribution in [0.15, 0.2) is 30.5 Å². The molecule has 1 atom stereocenters. The van der Waals surface area contributed by atoms with Crippen LogP contribution >= 0.6 is 0 Å². The molecule has 200 valence electrons. The van der Waals surface area contributed by atoms with E-state index in [1.165, 1.54) is 74.6 Å². The summed E-state index contributed by atoms with van der Waals surface area (Å²) in [6.07, 6.45) is 10.3. The van der Waals surface area contributed by atoms with Gasteiger partial charge in [0.25, 0.3) is 0 Å². The summed E-state index contributed by atoms with van der Waals surface area (Å²) in [5.41, 5.74) is 3.83. The Morgan fingerprint density at radius 1 is 1.11 bits per heavy atom. The van der Waals surface area contributed by atoms with Crippen LogP contribution in [0.2, 0.25) is 0 Å². The minimum Gasteiger partial charge on any atom is -0.490 e. The maximum atomic E-state index is 10.6. The normalized spacial score (nSPS) is 17.9. The van der Waals surface area contributed by atoms with Crippen LogP contribution < -0.4 is 10.1 Å². The molecule has 36 heavy (non-hydrogen) atoms. The van der Waals surface area contributed by atoms with Crippen molar-refractivity contribution in [2.45, 2.75) is 109 Å². The van der Waals surface area contributed by atoms with Crippen molar-refractivity contribution >= 4 is 5.97 Å². The van der Waals surface area contributed by atoms with Crippen LogP contribution in [0.4, 0.5) is 13.2 Å². The SMILES string of the molecule is CCC(NCc1cn(C2CCCCC2)nc1C)c1ccc(OC2CCCC2)cc1.O=C(O)C(F)(F)F. The second-order valence-electron chi connectivity index (χ2n) is 9.75. The van der Waals surface area contributed by atoms with E-state index < -0.39 is 12.1 Å².